The standard InChI is InChI=1S/C18H11BrClN5O2/c19-10-6-7-14-12(8-10)16(18(27)25(14)11-4-2-1-3-5-11)23-22-13-9-21-24-17(26)15(13)20/h1-9,27H,(H,24,26). The van der Waals surface area contributed by atoms with Crippen LogP contribution in [0.3, 0.4) is 0 Å². The Morgan fingerprint density at radius 3 is 2.70 bits per heavy atom. The molecule has 134 valence electrons. The number of benzene rings is 2. The molecule has 2 heterocycles. The van der Waals surface area contributed by atoms with Crippen molar-refractivity contribution in [3.63, 3.8) is 0 Å². The number of aromatic hydroxyl groups is 1. The average Bonchev–Trinajstić information content (AvgIpc) is 2.94. The molecule has 0 aliphatic rings. The molecule has 0 radical (unpaired) electrons. The van der Waals surface area contributed by atoms with Crippen LogP contribution in [-0.2, 0) is 0 Å². The molecular formula is C18H11BrClN5O2. The quantitative estimate of drug-likeness (QED) is 0.422. The molecule has 0 saturated carbocycles. The Morgan fingerprint density at radius 1 is 1.15 bits per heavy atom. The van der Waals surface area contributed by atoms with Crippen LogP contribution < -0.4 is 5.56 Å². The lowest BCUT2D eigenvalue weighted by Crippen LogP contribution is -2.06. The van der Waals surface area contributed by atoms with Crippen molar-refractivity contribution in [2.75, 3.05) is 0 Å². The van der Waals surface area contributed by atoms with E-state index in [4.69, 9.17) is 11.6 Å². The zero-order valence-electron chi connectivity index (χ0n) is 13.6. The molecule has 0 unspecified atom stereocenters. The average molecular weight is 445 g/mol. The molecule has 27 heavy (non-hydrogen) atoms. The van der Waals surface area contributed by atoms with E-state index < -0.39 is 5.56 Å². The lowest BCUT2D eigenvalue weighted by molar-refractivity contribution is 0.446. The van der Waals surface area contributed by atoms with Crippen LogP contribution >= 0.6 is 27.5 Å². The summed E-state index contributed by atoms with van der Waals surface area (Å²) in [7, 11) is 0. The van der Waals surface area contributed by atoms with Crippen LogP contribution in [0.25, 0.3) is 16.6 Å². The Labute approximate surface area is 166 Å². The van der Waals surface area contributed by atoms with Crippen molar-refractivity contribution in [3.8, 4) is 11.6 Å². The van der Waals surface area contributed by atoms with E-state index >= 15 is 0 Å². The van der Waals surface area contributed by atoms with Gasteiger partial charge in [0, 0.05) is 15.5 Å². The summed E-state index contributed by atoms with van der Waals surface area (Å²) in [4.78, 5) is 11.6. The number of hydrogen-bond acceptors (Lipinski definition) is 5. The molecular weight excluding hydrogens is 434 g/mol. The molecule has 0 spiro atoms. The Morgan fingerprint density at radius 2 is 1.93 bits per heavy atom. The maximum Gasteiger partial charge on any atom is 0.285 e. The van der Waals surface area contributed by atoms with Crippen LogP contribution in [0.5, 0.6) is 5.88 Å². The second-order valence-electron chi connectivity index (χ2n) is 5.60. The molecule has 2 N–H and O–H groups in total. The zero-order valence-corrected chi connectivity index (χ0v) is 15.9. The predicted molar refractivity (Wildman–Crippen MR) is 107 cm³/mol. The summed E-state index contributed by atoms with van der Waals surface area (Å²) in [5.74, 6) is -0.0769. The van der Waals surface area contributed by atoms with Gasteiger partial charge in [-0.2, -0.15) is 5.10 Å². The van der Waals surface area contributed by atoms with Gasteiger partial charge in [-0.25, -0.2) is 5.10 Å². The van der Waals surface area contributed by atoms with Crippen molar-refractivity contribution in [2.45, 2.75) is 0 Å². The number of H-pyrrole nitrogens is 1. The van der Waals surface area contributed by atoms with Crippen LogP contribution in [-0.4, -0.2) is 19.9 Å². The molecule has 7 nitrogen and oxygen atoms in total. The lowest BCUT2D eigenvalue weighted by Gasteiger charge is -2.06. The minimum atomic E-state index is -0.563. The number of nitrogens with one attached hydrogen (secondary N) is 1. The normalized spacial score (nSPS) is 11.5. The third kappa shape index (κ3) is 3.13. The highest BCUT2D eigenvalue weighted by atomic mass is 79.9. The van der Waals surface area contributed by atoms with E-state index in [0.29, 0.717) is 5.39 Å². The van der Waals surface area contributed by atoms with E-state index in [1.807, 2.05) is 48.5 Å². The minimum Gasteiger partial charge on any atom is -0.493 e. The second-order valence-corrected chi connectivity index (χ2v) is 6.90. The first-order valence-corrected chi connectivity index (χ1v) is 8.96. The minimum absolute atomic E-state index is 0.0769. The molecule has 0 aliphatic carbocycles. The molecule has 0 amide bonds. The van der Waals surface area contributed by atoms with E-state index in [0.717, 1.165) is 15.7 Å². The summed E-state index contributed by atoms with van der Waals surface area (Å²) >= 11 is 9.37. The summed E-state index contributed by atoms with van der Waals surface area (Å²) in [6, 6.07) is 15.0. The van der Waals surface area contributed by atoms with Crippen molar-refractivity contribution < 1.29 is 5.11 Å². The summed E-state index contributed by atoms with van der Waals surface area (Å²) in [5, 5.41) is 25.4. The number of aromatic amines is 1. The number of para-hydroxylation sites is 1. The van der Waals surface area contributed by atoms with Crippen molar-refractivity contribution in [2.24, 2.45) is 10.2 Å². The van der Waals surface area contributed by atoms with Gasteiger partial charge in [0.2, 0.25) is 5.88 Å². The Bertz CT molecular complexity index is 1230. The van der Waals surface area contributed by atoms with Gasteiger partial charge in [-0.3, -0.25) is 9.36 Å². The smallest absolute Gasteiger partial charge is 0.285 e. The van der Waals surface area contributed by atoms with Crippen LogP contribution in [0.4, 0.5) is 11.4 Å². The van der Waals surface area contributed by atoms with Crippen LogP contribution in [0.2, 0.25) is 5.02 Å². The summed E-state index contributed by atoms with van der Waals surface area (Å²) in [5.41, 5.74) is 1.33. The molecule has 0 atom stereocenters. The van der Waals surface area contributed by atoms with E-state index in [1.54, 1.807) is 4.57 Å². The highest BCUT2D eigenvalue weighted by molar-refractivity contribution is 9.10. The molecule has 2 aromatic carbocycles. The van der Waals surface area contributed by atoms with Crippen molar-refractivity contribution in [1.29, 1.82) is 0 Å². The van der Waals surface area contributed by atoms with Crippen LogP contribution in [0, 0.1) is 0 Å². The maximum absolute atomic E-state index is 11.6. The number of nitrogens with zero attached hydrogens (tertiary/aromatic N) is 4. The van der Waals surface area contributed by atoms with Gasteiger partial charge in [-0.05, 0) is 30.3 Å². The van der Waals surface area contributed by atoms with Gasteiger partial charge in [-0.15, -0.1) is 10.2 Å². The summed E-state index contributed by atoms with van der Waals surface area (Å²) < 4.78 is 2.50. The fraction of sp³-hybridized carbons (Fsp3) is 0. The van der Waals surface area contributed by atoms with Gasteiger partial charge < -0.3 is 5.11 Å². The number of hydrogen-bond donors (Lipinski definition) is 2. The fourth-order valence-electron chi connectivity index (χ4n) is 2.72. The Balaban J connectivity index is 1.94. The Hall–Kier alpha value is -2.97. The zero-order chi connectivity index (χ0) is 19.0. The van der Waals surface area contributed by atoms with E-state index in [-0.39, 0.29) is 22.3 Å². The lowest BCUT2D eigenvalue weighted by atomic mass is 10.2. The van der Waals surface area contributed by atoms with Gasteiger partial charge in [0.25, 0.3) is 5.56 Å². The number of rotatable bonds is 3. The first kappa shape index (κ1) is 17.4. The van der Waals surface area contributed by atoms with Gasteiger partial charge >= 0.3 is 0 Å². The third-order valence-electron chi connectivity index (χ3n) is 3.93. The first-order chi connectivity index (χ1) is 13.1. The molecule has 4 aromatic rings. The number of fused-ring (bicyclic) bond motifs is 1. The Kier molecular flexibility index (Phi) is 4.51. The molecule has 0 aliphatic heterocycles. The molecule has 0 fully saturated rings. The second kappa shape index (κ2) is 6.98. The predicted octanol–water partition coefficient (Wildman–Crippen LogP) is 5.25. The van der Waals surface area contributed by atoms with Crippen LogP contribution in [0.15, 0.2) is 74.2 Å². The molecule has 0 bridgehead atoms. The van der Waals surface area contributed by atoms with Crippen LogP contribution in [0.1, 0.15) is 0 Å². The highest BCUT2D eigenvalue weighted by Crippen LogP contribution is 2.42. The highest BCUT2D eigenvalue weighted by Gasteiger charge is 2.18. The summed E-state index contributed by atoms with van der Waals surface area (Å²) in [6.45, 7) is 0. The SMILES string of the molecule is O=c1[nH]ncc(N=Nc2c(O)n(-c3ccccc3)c3ccc(Br)cc23)c1Cl. The van der Waals surface area contributed by atoms with Gasteiger partial charge in [0.05, 0.1) is 11.7 Å². The van der Waals surface area contributed by atoms with Crippen molar-refractivity contribution in [3.05, 3.63) is 74.6 Å². The maximum atomic E-state index is 11.6. The van der Waals surface area contributed by atoms with Gasteiger partial charge in [0.15, 0.2) is 5.69 Å². The topological polar surface area (TPSA) is 95.6 Å². The monoisotopic (exact) mass is 443 g/mol. The van der Waals surface area contributed by atoms with Crippen molar-refractivity contribution >= 4 is 49.8 Å². The summed E-state index contributed by atoms with van der Waals surface area (Å²) in [6.07, 6.45) is 1.29. The number of halogens is 2. The third-order valence-corrected chi connectivity index (χ3v) is 4.79. The van der Waals surface area contributed by atoms with E-state index in [1.165, 1.54) is 6.20 Å². The van der Waals surface area contributed by atoms with Gasteiger partial charge in [-0.1, -0.05) is 45.7 Å². The fourth-order valence-corrected chi connectivity index (χ4v) is 3.21. The van der Waals surface area contributed by atoms with E-state index in [9.17, 15) is 9.90 Å². The molecule has 9 heteroatoms. The van der Waals surface area contributed by atoms with Crippen molar-refractivity contribution in [1.82, 2.24) is 14.8 Å². The largest absolute Gasteiger partial charge is 0.493 e. The molecule has 2 aromatic heterocycles. The number of aromatic nitrogens is 3. The first-order valence-electron chi connectivity index (χ1n) is 7.79. The molecule has 4 rings (SSSR count). The van der Waals surface area contributed by atoms with E-state index in [2.05, 4.69) is 36.4 Å². The molecule has 0 saturated heterocycles. The van der Waals surface area contributed by atoms with Gasteiger partial charge in [0.1, 0.15) is 10.7 Å². The number of azo groups is 1.